The minimum atomic E-state index is -0.781. The molecular formula is C49H86O6. The van der Waals surface area contributed by atoms with Crippen LogP contribution in [0.1, 0.15) is 265 Å². The molecule has 318 valence electrons. The molecule has 0 spiro atoms. The van der Waals surface area contributed by atoms with Gasteiger partial charge in [-0.1, -0.05) is 218 Å². The second-order valence-electron chi connectivity index (χ2n) is 16.8. The predicted molar refractivity (Wildman–Crippen MR) is 232 cm³/mol. The number of benzene rings is 1. The van der Waals surface area contributed by atoms with Crippen LogP contribution in [0.2, 0.25) is 0 Å². The Morgan fingerprint density at radius 1 is 0.327 bits per heavy atom. The third kappa shape index (κ3) is 33.5. The van der Waals surface area contributed by atoms with E-state index in [-0.39, 0.29) is 0 Å². The van der Waals surface area contributed by atoms with Crippen molar-refractivity contribution in [1.82, 2.24) is 0 Å². The van der Waals surface area contributed by atoms with Crippen molar-refractivity contribution in [3.63, 3.8) is 0 Å². The Morgan fingerprint density at radius 3 is 0.855 bits per heavy atom. The molecule has 0 aromatic heterocycles. The van der Waals surface area contributed by atoms with E-state index in [1.54, 1.807) is 6.07 Å². The van der Waals surface area contributed by atoms with Gasteiger partial charge in [-0.25, -0.2) is 4.79 Å². The van der Waals surface area contributed by atoms with Gasteiger partial charge >= 0.3 is 17.9 Å². The molecular weight excluding hydrogens is 685 g/mol. The number of aliphatic carboxylic acids is 2. The maximum absolute atomic E-state index is 12.0. The summed E-state index contributed by atoms with van der Waals surface area (Å²) in [4.78, 5) is 33.1. The van der Waals surface area contributed by atoms with Crippen LogP contribution in [0.15, 0.2) is 18.2 Å². The van der Waals surface area contributed by atoms with E-state index < -0.39 is 17.9 Å². The van der Waals surface area contributed by atoms with Gasteiger partial charge in [-0.3, -0.25) is 9.59 Å². The van der Waals surface area contributed by atoms with Gasteiger partial charge in [0.1, 0.15) is 0 Å². The molecule has 6 heteroatoms. The molecule has 0 aliphatic rings. The molecule has 0 fully saturated rings. The van der Waals surface area contributed by atoms with Gasteiger partial charge in [0.15, 0.2) is 0 Å². The monoisotopic (exact) mass is 771 g/mol. The summed E-state index contributed by atoms with van der Waals surface area (Å²) in [5.74, 6) is -2.12. The number of unbranched alkanes of at least 4 members (excludes halogenated alkanes) is 34. The normalized spacial score (nSPS) is 11.3. The molecule has 0 atom stereocenters. The molecule has 0 amide bonds. The van der Waals surface area contributed by atoms with Crippen LogP contribution in [0.5, 0.6) is 0 Å². The average Bonchev–Trinajstić information content (AvgIpc) is 3.16. The highest BCUT2D eigenvalue weighted by Crippen LogP contribution is 2.23. The minimum Gasteiger partial charge on any atom is -0.481 e. The highest BCUT2D eigenvalue weighted by Gasteiger charge is 2.13. The minimum absolute atomic E-state index is 0.320. The largest absolute Gasteiger partial charge is 0.481 e. The Balaban J connectivity index is 1.98. The molecule has 1 rings (SSSR count). The van der Waals surface area contributed by atoms with Crippen LogP contribution < -0.4 is 0 Å². The quantitative estimate of drug-likeness (QED) is 0.0570. The first-order valence-electron chi connectivity index (χ1n) is 23.7. The molecule has 0 unspecified atom stereocenters. The highest BCUT2D eigenvalue weighted by atomic mass is 16.4. The van der Waals surface area contributed by atoms with Crippen LogP contribution in [-0.2, 0) is 22.4 Å². The Bertz CT molecular complexity index is 1050. The molecule has 0 saturated carbocycles. The number of carboxylic acids is 3. The number of rotatable bonds is 43. The summed E-state index contributed by atoms with van der Waals surface area (Å²) in [6.45, 7) is 0. The third-order valence-electron chi connectivity index (χ3n) is 11.7. The van der Waals surface area contributed by atoms with Crippen molar-refractivity contribution in [2.45, 2.75) is 257 Å². The van der Waals surface area contributed by atoms with E-state index in [2.05, 4.69) is 6.07 Å². The van der Waals surface area contributed by atoms with Crippen molar-refractivity contribution in [3.8, 4) is 0 Å². The zero-order valence-electron chi connectivity index (χ0n) is 35.6. The van der Waals surface area contributed by atoms with Crippen LogP contribution in [0.25, 0.3) is 0 Å². The summed E-state index contributed by atoms with van der Waals surface area (Å²) in [6.07, 6.45) is 48.0. The van der Waals surface area contributed by atoms with Crippen molar-refractivity contribution in [1.29, 1.82) is 0 Å². The van der Waals surface area contributed by atoms with Crippen LogP contribution >= 0.6 is 0 Å². The summed E-state index contributed by atoms with van der Waals surface area (Å²) in [5.41, 5.74) is 2.87. The highest BCUT2D eigenvalue weighted by molar-refractivity contribution is 5.89. The van der Waals surface area contributed by atoms with Crippen LogP contribution in [0.4, 0.5) is 0 Å². The number of hydrogen-bond donors (Lipinski definition) is 3. The Labute approximate surface area is 338 Å². The second-order valence-corrected chi connectivity index (χ2v) is 16.8. The zero-order chi connectivity index (χ0) is 39.9. The van der Waals surface area contributed by atoms with Gasteiger partial charge in [-0.05, 0) is 55.7 Å². The molecule has 6 nitrogen and oxygen atoms in total. The standard InChI is InChI=1S/C49H86O6/c50-47(51)42-35-31-27-23-19-15-11-7-3-1-2-6-10-14-18-22-26-30-34-40-45-44(39-37-41-46(45)49(54)55)38-33-29-25-21-17-13-9-5-4-8-12-16-20-24-28-32-36-43-48(52)53/h37,39,41H,1-36,38,40,42-43H2,(H,50,51)(H,52,53)(H,54,55). The summed E-state index contributed by atoms with van der Waals surface area (Å²) < 4.78 is 0. The summed E-state index contributed by atoms with van der Waals surface area (Å²) in [5, 5.41) is 27.2. The van der Waals surface area contributed by atoms with Crippen LogP contribution in [0.3, 0.4) is 0 Å². The van der Waals surface area contributed by atoms with Gasteiger partial charge in [-0.15, -0.1) is 0 Å². The fourth-order valence-electron chi connectivity index (χ4n) is 8.19. The maximum Gasteiger partial charge on any atom is 0.335 e. The number of aryl methyl sites for hydroxylation is 1. The molecule has 3 N–H and O–H groups in total. The smallest absolute Gasteiger partial charge is 0.335 e. The van der Waals surface area contributed by atoms with Crippen LogP contribution in [-0.4, -0.2) is 33.2 Å². The lowest BCUT2D eigenvalue weighted by Gasteiger charge is -2.13. The molecule has 1 aromatic rings. The first-order valence-corrected chi connectivity index (χ1v) is 23.7. The summed E-state index contributed by atoms with van der Waals surface area (Å²) in [6, 6.07) is 5.91. The van der Waals surface area contributed by atoms with Gasteiger partial charge in [0.25, 0.3) is 0 Å². The predicted octanol–water partition coefficient (Wildman–Crippen LogP) is 15.5. The van der Waals surface area contributed by atoms with E-state index >= 15 is 0 Å². The molecule has 0 bridgehead atoms. The topological polar surface area (TPSA) is 112 Å². The van der Waals surface area contributed by atoms with E-state index in [1.165, 1.54) is 198 Å². The van der Waals surface area contributed by atoms with Crippen molar-refractivity contribution in [3.05, 3.63) is 34.9 Å². The van der Waals surface area contributed by atoms with E-state index in [0.29, 0.717) is 18.4 Å². The number of aromatic carboxylic acids is 1. The number of hydrogen-bond acceptors (Lipinski definition) is 3. The number of carboxylic acid groups (broad SMARTS) is 3. The zero-order valence-corrected chi connectivity index (χ0v) is 35.6. The summed E-state index contributed by atoms with van der Waals surface area (Å²) >= 11 is 0. The fourth-order valence-corrected chi connectivity index (χ4v) is 8.19. The van der Waals surface area contributed by atoms with Crippen molar-refractivity contribution in [2.75, 3.05) is 0 Å². The Morgan fingerprint density at radius 2 is 0.582 bits per heavy atom. The second kappa shape index (κ2) is 38.5. The molecule has 1 aromatic carbocycles. The van der Waals surface area contributed by atoms with Gasteiger partial charge in [0, 0.05) is 12.8 Å². The SMILES string of the molecule is O=C(O)CCCCCCCCCCCCCCCCCCCCCc1c(CCCCCCCCCCCCCCCCCCCC(=O)O)cccc1C(=O)O. The van der Waals surface area contributed by atoms with Crippen molar-refractivity contribution in [2.24, 2.45) is 0 Å². The first kappa shape index (κ1) is 50.6. The average molecular weight is 771 g/mol. The first-order chi connectivity index (χ1) is 26.9. The Hall–Kier alpha value is -2.37. The lowest BCUT2D eigenvalue weighted by Crippen LogP contribution is -2.06. The van der Waals surface area contributed by atoms with Crippen molar-refractivity contribution < 1.29 is 29.7 Å². The van der Waals surface area contributed by atoms with Gasteiger partial charge in [0.05, 0.1) is 5.56 Å². The van der Waals surface area contributed by atoms with Gasteiger partial charge in [0.2, 0.25) is 0 Å². The molecule has 55 heavy (non-hydrogen) atoms. The maximum atomic E-state index is 12.0. The van der Waals surface area contributed by atoms with Crippen molar-refractivity contribution >= 4 is 17.9 Å². The molecule has 0 radical (unpaired) electrons. The molecule has 0 aliphatic heterocycles. The third-order valence-corrected chi connectivity index (χ3v) is 11.7. The van der Waals surface area contributed by atoms with Gasteiger partial charge < -0.3 is 15.3 Å². The summed E-state index contributed by atoms with van der Waals surface area (Å²) in [7, 11) is 0. The van der Waals surface area contributed by atoms with E-state index in [9.17, 15) is 19.5 Å². The number of carbonyl (C=O) groups is 3. The van der Waals surface area contributed by atoms with Crippen LogP contribution in [0, 0.1) is 0 Å². The van der Waals surface area contributed by atoms with E-state index in [0.717, 1.165) is 56.9 Å². The molecule has 0 aliphatic carbocycles. The van der Waals surface area contributed by atoms with E-state index in [4.69, 9.17) is 10.2 Å². The molecule has 0 saturated heterocycles. The van der Waals surface area contributed by atoms with E-state index in [1.807, 2.05) is 6.07 Å². The molecule has 0 heterocycles. The Kier molecular flexibility index (Phi) is 35.5. The fraction of sp³-hybridized carbons (Fsp3) is 0.816. The lowest BCUT2D eigenvalue weighted by molar-refractivity contribution is -0.138. The van der Waals surface area contributed by atoms with Gasteiger partial charge in [-0.2, -0.15) is 0 Å². The lowest BCUT2D eigenvalue weighted by atomic mass is 9.92.